The molecule has 10 aromatic rings. The number of anilines is 3. The molecule has 256 valence electrons. The average Bonchev–Trinajstić information content (AvgIpc) is 3.86. The summed E-state index contributed by atoms with van der Waals surface area (Å²) in [7, 11) is 0. The minimum Gasteiger partial charge on any atom is -0.310 e. The van der Waals surface area contributed by atoms with Crippen LogP contribution in [0, 0.1) is 0 Å². The molecule has 0 spiro atoms. The summed E-state index contributed by atoms with van der Waals surface area (Å²) >= 11 is 3.74. The highest BCUT2D eigenvalue weighted by Gasteiger charge is 2.37. The Morgan fingerprint density at radius 2 is 0.852 bits per heavy atom. The van der Waals surface area contributed by atoms with Gasteiger partial charge in [-0.3, -0.25) is 0 Å². The van der Waals surface area contributed by atoms with Crippen LogP contribution in [0.2, 0.25) is 0 Å². The predicted octanol–water partition coefficient (Wildman–Crippen LogP) is 15.5. The summed E-state index contributed by atoms with van der Waals surface area (Å²) in [4.78, 5) is 2.45. The summed E-state index contributed by atoms with van der Waals surface area (Å²) < 4.78 is 5.32. The maximum atomic E-state index is 2.45. The van der Waals surface area contributed by atoms with Crippen molar-refractivity contribution >= 4 is 80.1 Å². The number of nitrogens with zero attached hydrogens (tertiary/aromatic N) is 1. The van der Waals surface area contributed by atoms with Crippen LogP contribution in [-0.4, -0.2) is 0 Å². The van der Waals surface area contributed by atoms with Crippen molar-refractivity contribution in [2.75, 3.05) is 4.90 Å². The molecule has 0 radical (unpaired) electrons. The zero-order valence-corrected chi connectivity index (χ0v) is 31.6. The summed E-state index contributed by atoms with van der Waals surface area (Å²) in [6.07, 6.45) is 0. The fourth-order valence-corrected chi connectivity index (χ4v) is 11.1. The molecule has 0 N–H and O–H groups in total. The minimum atomic E-state index is -0.0855. The van der Waals surface area contributed by atoms with Gasteiger partial charge in [0.15, 0.2) is 0 Å². The third kappa shape index (κ3) is 4.82. The smallest absolute Gasteiger partial charge is 0.0543 e. The first kappa shape index (κ1) is 31.5. The van der Waals surface area contributed by atoms with Crippen LogP contribution in [0.3, 0.4) is 0 Å². The van der Waals surface area contributed by atoms with E-state index in [4.69, 9.17) is 0 Å². The van der Waals surface area contributed by atoms with E-state index in [1.54, 1.807) is 0 Å². The van der Waals surface area contributed by atoms with Crippen molar-refractivity contribution < 1.29 is 0 Å². The Hall–Kier alpha value is -6.00. The molecule has 1 nitrogen and oxygen atoms in total. The first-order chi connectivity index (χ1) is 26.5. The van der Waals surface area contributed by atoms with Crippen LogP contribution in [0.5, 0.6) is 0 Å². The van der Waals surface area contributed by atoms with Crippen LogP contribution in [0.25, 0.3) is 73.7 Å². The predicted molar refractivity (Wildman–Crippen MR) is 235 cm³/mol. The van der Waals surface area contributed by atoms with Crippen LogP contribution in [-0.2, 0) is 5.41 Å². The fourth-order valence-electron chi connectivity index (χ4n) is 8.77. The molecule has 2 heterocycles. The number of fused-ring (bicyclic) bond motifs is 9. The summed E-state index contributed by atoms with van der Waals surface area (Å²) in [6, 6.07) is 65.3. The lowest BCUT2D eigenvalue weighted by atomic mass is 9.82. The lowest BCUT2D eigenvalue weighted by Gasteiger charge is -2.29. The van der Waals surface area contributed by atoms with Crippen molar-refractivity contribution in [1.29, 1.82) is 0 Å². The van der Waals surface area contributed by atoms with Crippen molar-refractivity contribution in [3.63, 3.8) is 0 Å². The van der Waals surface area contributed by atoms with Gasteiger partial charge in [0.25, 0.3) is 0 Å². The molecule has 1 aliphatic rings. The summed E-state index contributed by atoms with van der Waals surface area (Å²) in [5, 5.41) is 5.33. The maximum Gasteiger partial charge on any atom is 0.0543 e. The SMILES string of the molecule is CC1(C)c2ccccc2-c2c(N(c3ccc(-c4ccc5c(c4)sc4ccccc45)cc3)c3ccc(-c4ccc5c(c4)sc4ccccc45)cc3)cccc21. The molecular formula is C51H35NS2. The van der Waals surface area contributed by atoms with E-state index in [2.05, 4.69) is 195 Å². The quantitative estimate of drug-likeness (QED) is 0.171. The van der Waals surface area contributed by atoms with Crippen molar-refractivity contribution in [3.05, 3.63) is 187 Å². The Labute approximate surface area is 323 Å². The maximum absolute atomic E-state index is 2.45. The number of rotatable bonds is 5. The summed E-state index contributed by atoms with van der Waals surface area (Å²) in [5.74, 6) is 0. The molecule has 0 aliphatic heterocycles. The molecule has 11 rings (SSSR count). The molecule has 54 heavy (non-hydrogen) atoms. The number of thiophene rings is 2. The number of hydrogen-bond acceptors (Lipinski definition) is 3. The third-order valence-electron chi connectivity index (χ3n) is 11.5. The highest BCUT2D eigenvalue weighted by Crippen LogP contribution is 2.54. The Balaban J connectivity index is 1.03. The van der Waals surface area contributed by atoms with Gasteiger partial charge < -0.3 is 4.90 Å². The van der Waals surface area contributed by atoms with E-state index in [1.165, 1.54) is 90.5 Å². The van der Waals surface area contributed by atoms with Crippen LogP contribution < -0.4 is 4.90 Å². The van der Waals surface area contributed by atoms with E-state index in [1.807, 2.05) is 22.7 Å². The molecular weight excluding hydrogens is 691 g/mol. The largest absolute Gasteiger partial charge is 0.310 e. The molecule has 2 aromatic heterocycles. The molecule has 0 atom stereocenters. The Kier molecular flexibility index (Phi) is 7.01. The lowest BCUT2D eigenvalue weighted by molar-refractivity contribution is 0.660. The van der Waals surface area contributed by atoms with Crippen molar-refractivity contribution in [2.45, 2.75) is 19.3 Å². The van der Waals surface area contributed by atoms with Gasteiger partial charge in [-0.25, -0.2) is 0 Å². The second-order valence-corrected chi connectivity index (χ2v) is 17.1. The van der Waals surface area contributed by atoms with E-state index < -0.39 is 0 Å². The fraction of sp³-hybridized carbons (Fsp3) is 0.0588. The number of hydrogen-bond donors (Lipinski definition) is 0. The van der Waals surface area contributed by atoms with Crippen molar-refractivity contribution in [2.24, 2.45) is 0 Å². The molecule has 0 unspecified atom stereocenters. The first-order valence-electron chi connectivity index (χ1n) is 18.6. The molecule has 0 saturated carbocycles. The molecule has 8 aromatic carbocycles. The van der Waals surface area contributed by atoms with E-state index in [0.29, 0.717) is 0 Å². The summed E-state index contributed by atoms with van der Waals surface area (Å²) in [5.41, 5.74) is 13.7. The first-order valence-corrected chi connectivity index (χ1v) is 20.2. The van der Waals surface area contributed by atoms with E-state index in [0.717, 1.165) is 11.4 Å². The van der Waals surface area contributed by atoms with Crippen LogP contribution in [0.15, 0.2) is 176 Å². The van der Waals surface area contributed by atoms with Crippen LogP contribution in [0.1, 0.15) is 25.0 Å². The van der Waals surface area contributed by atoms with Gasteiger partial charge >= 0.3 is 0 Å². The second-order valence-electron chi connectivity index (χ2n) is 14.9. The standard InChI is InChI=1S/C51H35NS2/c1-51(2)43-13-6-3-12-42(43)50-44(51)14-9-15-45(50)52(36-24-18-32(19-25-36)34-22-28-40-38-10-4-7-16-46(38)53-48(40)30-34)37-26-20-33(21-27-37)35-23-29-41-39-11-5-8-17-47(39)54-49(41)31-35/h3-31H,1-2H3. The highest BCUT2D eigenvalue weighted by atomic mass is 32.1. The van der Waals surface area contributed by atoms with Gasteiger partial charge in [-0.2, -0.15) is 0 Å². The Bertz CT molecular complexity index is 2910. The molecule has 0 amide bonds. The molecule has 3 heteroatoms. The van der Waals surface area contributed by atoms with E-state index >= 15 is 0 Å². The second kappa shape index (κ2) is 12.0. The lowest BCUT2D eigenvalue weighted by Crippen LogP contribution is -2.16. The molecule has 0 fully saturated rings. The normalized spacial score (nSPS) is 13.1. The molecule has 0 bridgehead atoms. The van der Waals surface area contributed by atoms with Crippen molar-refractivity contribution in [1.82, 2.24) is 0 Å². The highest BCUT2D eigenvalue weighted by molar-refractivity contribution is 7.26. The van der Waals surface area contributed by atoms with E-state index in [9.17, 15) is 0 Å². The van der Waals surface area contributed by atoms with E-state index in [-0.39, 0.29) is 5.41 Å². The molecule has 0 saturated heterocycles. The average molecular weight is 726 g/mol. The van der Waals surface area contributed by atoms with Crippen molar-refractivity contribution in [3.8, 4) is 33.4 Å². The third-order valence-corrected chi connectivity index (χ3v) is 13.8. The van der Waals surface area contributed by atoms with Gasteiger partial charge in [-0.05, 0) is 93.5 Å². The topological polar surface area (TPSA) is 3.24 Å². The Morgan fingerprint density at radius 3 is 1.43 bits per heavy atom. The minimum absolute atomic E-state index is 0.0855. The number of benzene rings is 8. The van der Waals surface area contributed by atoms with Gasteiger partial charge in [-0.1, -0.05) is 135 Å². The monoisotopic (exact) mass is 725 g/mol. The van der Waals surface area contributed by atoms with Gasteiger partial charge in [0.05, 0.1) is 5.69 Å². The van der Waals surface area contributed by atoms with Gasteiger partial charge in [0, 0.05) is 62.7 Å². The van der Waals surface area contributed by atoms with Gasteiger partial charge in [0.2, 0.25) is 0 Å². The van der Waals surface area contributed by atoms with Gasteiger partial charge in [-0.15, -0.1) is 22.7 Å². The van der Waals surface area contributed by atoms with Crippen LogP contribution >= 0.6 is 22.7 Å². The Morgan fingerprint density at radius 1 is 0.389 bits per heavy atom. The zero-order chi connectivity index (χ0) is 36.0. The van der Waals surface area contributed by atoms with Crippen LogP contribution in [0.4, 0.5) is 17.1 Å². The summed E-state index contributed by atoms with van der Waals surface area (Å²) in [6.45, 7) is 4.71. The zero-order valence-electron chi connectivity index (χ0n) is 30.0. The molecule has 1 aliphatic carbocycles. The van der Waals surface area contributed by atoms with Gasteiger partial charge in [0.1, 0.15) is 0 Å².